The van der Waals surface area contributed by atoms with Crippen LogP contribution in [0.1, 0.15) is 15.9 Å². The maximum atomic E-state index is 12.5. The van der Waals surface area contributed by atoms with Crippen LogP contribution in [0.25, 0.3) is 0 Å². The first-order valence-corrected chi connectivity index (χ1v) is 7.43. The lowest BCUT2D eigenvalue weighted by atomic mass is 10.1. The van der Waals surface area contributed by atoms with Crippen LogP contribution >= 0.6 is 0 Å². The normalized spacial score (nSPS) is 15.0. The SMILES string of the molecule is Cc1ccc(C(=O)N2CCN(c3ccc(=O)[nH]c3)CC2)cc1. The van der Waals surface area contributed by atoms with Crippen molar-refractivity contribution in [2.45, 2.75) is 6.92 Å². The number of carbonyl (C=O) groups excluding carboxylic acids is 1. The maximum absolute atomic E-state index is 12.5. The first-order valence-electron chi connectivity index (χ1n) is 7.43. The summed E-state index contributed by atoms with van der Waals surface area (Å²) in [5.74, 6) is 0.0844. The Balaban J connectivity index is 1.64. The molecule has 0 radical (unpaired) electrons. The Morgan fingerprint density at radius 1 is 1.00 bits per heavy atom. The summed E-state index contributed by atoms with van der Waals surface area (Å²) in [4.78, 5) is 30.3. The van der Waals surface area contributed by atoms with Gasteiger partial charge in [0.15, 0.2) is 0 Å². The molecule has 5 heteroatoms. The summed E-state index contributed by atoms with van der Waals surface area (Å²) in [5.41, 5.74) is 2.78. The molecule has 114 valence electrons. The number of H-pyrrole nitrogens is 1. The predicted octanol–water partition coefficient (Wildman–Crippen LogP) is 1.65. The van der Waals surface area contributed by atoms with E-state index in [4.69, 9.17) is 0 Å². The number of piperazine rings is 1. The van der Waals surface area contributed by atoms with E-state index in [0.717, 1.165) is 29.9 Å². The van der Waals surface area contributed by atoms with Crippen molar-refractivity contribution in [3.63, 3.8) is 0 Å². The fourth-order valence-corrected chi connectivity index (χ4v) is 2.65. The van der Waals surface area contributed by atoms with Crippen LogP contribution in [0.15, 0.2) is 47.4 Å². The molecule has 0 unspecified atom stereocenters. The van der Waals surface area contributed by atoms with Crippen LogP contribution in [-0.2, 0) is 0 Å². The first kappa shape index (κ1) is 14.4. The molecule has 2 heterocycles. The van der Waals surface area contributed by atoms with Crippen LogP contribution in [0.3, 0.4) is 0 Å². The number of amides is 1. The molecule has 1 saturated heterocycles. The third kappa shape index (κ3) is 3.03. The van der Waals surface area contributed by atoms with E-state index in [2.05, 4.69) is 9.88 Å². The Morgan fingerprint density at radius 2 is 1.68 bits per heavy atom. The van der Waals surface area contributed by atoms with Gasteiger partial charge in [-0.1, -0.05) is 17.7 Å². The van der Waals surface area contributed by atoms with Crippen molar-refractivity contribution >= 4 is 11.6 Å². The van der Waals surface area contributed by atoms with Crippen molar-refractivity contribution in [3.8, 4) is 0 Å². The Bertz CT molecular complexity index is 693. The molecule has 1 amide bonds. The van der Waals surface area contributed by atoms with Gasteiger partial charge in [0.05, 0.1) is 5.69 Å². The fourth-order valence-electron chi connectivity index (χ4n) is 2.65. The molecule has 1 aliphatic heterocycles. The highest BCUT2D eigenvalue weighted by atomic mass is 16.2. The number of rotatable bonds is 2. The highest BCUT2D eigenvalue weighted by molar-refractivity contribution is 5.94. The van der Waals surface area contributed by atoms with Gasteiger partial charge in [-0.05, 0) is 25.1 Å². The molecule has 1 N–H and O–H groups in total. The van der Waals surface area contributed by atoms with Gasteiger partial charge in [-0.3, -0.25) is 9.59 Å². The maximum Gasteiger partial charge on any atom is 0.253 e. The number of nitrogens with zero attached hydrogens (tertiary/aromatic N) is 2. The van der Waals surface area contributed by atoms with Crippen LogP contribution in [0.4, 0.5) is 5.69 Å². The largest absolute Gasteiger partial charge is 0.367 e. The lowest BCUT2D eigenvalue weighted by Crippen LogP contribution is -2.48. The zero-order valence-corrected chi connectivity index (χ0v) is 12.6. The number of aromatic nitrogens is 1. The average molecular weight is 297 g/mol. The van der Waals surface area contributed by atoms with Gasteiger partial charge < -0.3 is 14.8 Å². The standard InChI is InChI=1S/C17H19N3O2/c1-13-2-4-14(5-3-13)17(22)20-10-8-19(9-11-20)15-6-7-16(21)18-12-15/h2-7,12H,8-11H2,1H3,(H,18,21). The summed E-state index contributed by atoms with van der Waals surface area (Å²) in [6.07, 6.45) is 1.72. The van der Waals surface area contributed by atoms with Crippen molar-refractivity contribution in [1.82, 2.24) is 9.88 Å². The van der Waals surface area contributed by atoms with Crippen molar-refractivity contribution in [2.75, 3.05) is 31.1 Å². The van der Waals surface area contributed by atoms with Crippen molar-refractivity contribution in [1.29, 1.82) is 0 Å². The number of anilines is 1. The molecule has 0 bridgehead atoms. The van der Waals surface area contributed by atoms with E-state index in [1.165, 1.54) is 6.07 Å². The Morgan fingerprint density at radius 3 is 2.27 bits per heavy atom. The van der Waals surface area contributed by atoms with E-state index in [1.54, 1.807) is 6.20 Å². The van der Waals surface area contributed by atoms with Gasteiger partial charge in [0.25, 0.3) is 5.91 Å². The lowest BCUT2D eigenvalue weighted by Gasteiger charge is -2.36. The second-order valence-electron chi connectivity index (χ2n) is 5.56. The molecule has 0 aliphatic carbocycles. The molecule has 0 spiro atoms. The van der Waals surface area contributed by atoms with E-state index in [-0.39, 0.29) is 11.5 Å². The molecule has 22 heavy (non-hydrogen) atoms. The minimum Gasteiger partial charge on any atom is -0.367 e. The Labute approximate surface area is 129 Å². The fraction of sp³-hybridized carbons (Fsp3) is 0.294. The first-order chi connectivity index (χ1) is 10.6. The molecular formula is C17H19N3O2. The highest BCUT2D eigenvalue weighted by Gasteiger charge is 2.22. The second-order valence-corrected chi connectivity index (χ2v) is 5.56. The van der Waals surface area contributed by atoms with Crippen LogP contribution in [0.5, 0.6) is 0 Å². The quantitative estimate of drug-likeness (QED) is 0.917. The summed E-state index contributed by atoms with van der Waals surface area (Å²) in [7, 11) is 0. The van der Waals surface area contributed by atoms with E-state index in [0.29, 0.717) is 13.1 Å². The average Bonchev–Trinajstić information content (AvgIpc) is 2.56. The number of aryl methyl sites for hydroxylation is 1. The number of benzene rings is 1. The molecule has 1 aliphatic rings. The molecule has 1 aromatic heterocycles. The topological polar surface area (TPSA) is 56.4 Å². The van der Waals surface area contributed by atoms with Gasteiger partial charge in [-0.15, -0.1) is 0 Å². The molecule has 2 aromatic rings. The third-order valence-corrected chi connectivity index (χ3v) is 4.00. The number of nitrogens with one attached hydrogen (secondary N) is 1. The van der Waals surface area contributed by atoms with E-state index in [9.17, 15) is 9.59 Å². The third-order valence-electron chi connectivity index (χ3n) is 4.00. The van der Waals surface area contributed by atoms with Gasteiger partial charge in [0.2, 0.25) is 5.56 Å². The summed E-state index contributed by atoms with van der Waals surface area (Å²) in [6.45, 7) is 4.92. The molecule has 0 saturated carbocycles. The second kappa shape index (κ2) is 6.05. The number of hydrogen-bond acceptors (Lipinski definition) is 3. The number of hydrogen-bond donors (Lipinski definition) is 1. The number of pyridine rings is 1. The molecule has 0 atom stereocenters. The van der Waals surface area contributed by atoms with Crippen LogP contribution < -0.4 is 10.5 Å². The summed E-state index contributed by atoms with van der Waals surface area (Å²) < 4.78 is 0. The minimum atomic E-state index is -0.100. The predicted molar refractivity (Wildman–Crippen MR) is 86.4 cm³/mol. The number of aromatic amines is 1. The number of carbonyl (C=O) groups is 1. The van der Waals surface area contributed by atoms with Gasteiger partial charge in [-0.25, -0.2) is 0 Å². The molecule has 1 fully saturated rings. The van der Waals surface area contributed by atoms with E-state index < -0.39 is 0 Å². The Hall–Kier alpha value is -2.56. The monoisotopic (exact) mass is 297 g/mol. The minimum absolute atomic E-state index is 0.0844. The molecule has 1 aromatic carbocycles. The Kier molecular flexibility index (Phi) is 3.96. The van der Waals surface area contributed by atoms with Crippen LogP contribution in [0.2, 0.25) is 0 Å². The van der Waals surface area contributed by atoms with Crippen molar-refractivity contribution in [2.24, 2.45) is 0 Å². The van der Waals surface area contributed by atoms with Gasteiger partial charge in [0.1, 0.15) is 0 Å². The van der Waals surface area contributed by atoms with Crippen LogP contribution in [-0.4, -0.2) is 42.0 Å². The summed E-state index contributed by atoms with van der Waals surface area (Å²) in [5, 5.41) is 0. The van der Waals surface area contributed by atoms with Gasteiger partial charge in [0, 0.05) is 44.0 Å². The summed E-state index contributed by atoms with van der Waals surface area (Å²) in [6, 6.07) is 11.0. The zero-order chi connectivity index (χ0) is 15.5. The van der Waals surface area contributed by atoms with Crippen molar-refractivity contribution < 1.29 is 4.79 Å². The molecular weight excluding hydrogens is 278 g/mol. The highest BCUT2D eigenvalue weighted by Crippen LogP contribution is 2.15. The van der Waals surface area contributed by atoms with Gasteiger partial charge in [-0.2, -0.15) is 0 Å². The molecule has 5 nitrogen and oxygen atoms in total. The molecule has 3 rings (SSSR count). The smallest absolute Gasteiger partial charge is 0.253 e. The van der Waals surface area contributed by atoms with E-state index in [1.807, 2.05) is 42.2 Å². The van der Waals surface area contributed by atoms with Crippen molar-refractivity contribution in [3.05, 3.63) is 64.1 Å². The lowest BCUT2D eigenvalue weighted by molar-refractivity contribution is 0.0747. The summed E-state index contributed by atoms with van der Waals surface area (Å²) >= 11 is 0. The zero-order valence-electron chi connectivity index (χ0n) is 12.6. The van der Waals surface area contributed by atoms with Gasteiger partial charge >= 0.3 is 0 Å². The van der Waals surface area contributed by atoms with E-state index >= 15 is 0 Å². The van der Waals surface area contributed by atoms with Crippen LogP contribution in [0, 0.1) is 6.92 Å².